The number of esters is 1. The van der Waals surface area contributed by atoms with E-state index in [0.717, 1.165) is 12.0 Å². The van der Waals surface area contributed by atoms with Gasteiger partial charge in [0.15, 0.2) is 6.10 Å². The molecule has 116 valence electrons. The average molecular weight is 302 g/mol. The van der Waals surface area contributed by atoms with Crippen molar-refractivity contribution in [2.24, 2.45) is 0 Å². The number of aryl methyl sites for hydroxylation is 1. The van der Waals surface area contributed by atoms with Gasteiger partial charge in [-0.05, 0) is 37.0 Å². The Balaban J connectivity index is 1.86. The Morgan fingerprint density at radius 2 is 1.95 bits per heavy atom. The van der Waals surface area contributed by atoms with Gasteiger partial charge in [-0.3, -0.25) is 0 Å². The largest absolute Gasteiger partial charge is 0.456 e. The molecule has 1 aliphatic heterocycles. The fraction of sp³-hybridized carbons (Fsp3) is 0.533. The highest BCUT2D eigenvalue weighted by atomic mass is 19.4. The van der Waals surface area contributed by atoms with Crippen molar-refractivity contribution in [1.29, 1.82) is 0 Å². The Bertz CT molecular complexity index is 474. The van der Waals surface area contributed by atoms with Crippen molar-refractivity contribution in [3.8, 4) is 0 Å². The molecule has 0 radical (unpaired) electrons. The fourth-order valence-corrected chi connectivity index (χ4v) is 2.17. The second-order valence-electron chi connectivity index (χ2n) is 5.02. The van der Waals surface area contributed by atoms with E-state index in [0.29, 0.717) is 5.56 Å². The average Bonchev–Trinajstić information content (AvgIpc) is 2.47. The van der Waals surface area contributed by atoms with Gasteiger partial charge in [-0.25, -0.2) is 4.79 Å². The monoisotopic (exact) mass is 302 g/mol. The first-order chi connectivity index (χ1) is 9.90. The molecule has 21 heavy (non-hydrogen) atoms. The lowest BCUT2D eigenvalue weighted by molar-refractivity contribution is -0.239. The number of rotatable bonds is 3. The van der Waals surface area contributed by atoms with Gasteiger partial charge < -0.3 is 9.47 Å². The van der Waals surface area contributed by atoms with Crippen LogP contribution in [0.4, 0.5) is 13.2 Å². The van der Waals surface area contributed by atoms with Crippen LogP contribution >= 0.6 is 0 Å². The van der Waals surface area contributed by atoms with E-state index >= 15 is 0 Å². The fourth-order valence-electron chi connectivity index (χ4n) is 2.17. The molecule has 0 aliphatic carbocycles. The second-order valence-corrected chi connectivity index (χ2v) is 5.02. The third-order valence-corrected chi connectivity index (χ3v) is 3.47. The molecule has 0 N–H and O–H groups in total. The number of hydrogen-bond donors (Lipinski definition) is 0. The molecule has 1 aromatic rings. The van der Waals surface area contributed by atoms with Gasteiger partial charge in [-0.15, -0.1) is 0 Å². The van der Waals surface area contributed by atoms with E-state index in [2.05, 4.69) is 0 Å². The first-order valence-electron chi connectivity index (χ1n) is 6.88. The molecule has 2 atom stereocenters. The van der Waals surface area contributed by atoms with Crippen LogP contribution in [0, 0.1) is 0 Å². The number of alkyl halides is 3. The molecule has 1 saturated heterocycles. The van der Waals surface area contributed by atoms with E-state index in [9.17, 15) is 18.0 Å². The molecule has 2 unspecified atom stereocenters. The van der Waals surface area contributed by atoms with Gasteiger partial charge in [-0.2, -0.15) is 13.2 Å². The summed E-state index contributed by atoms with van der Waals surface area (Å²) >= 11 is 0. The summed E-state index contributed by atoms with van der Waals surface area (Å²) in [5, 5.41) is 0. The lowest BCUT2D eigenvalue weighted by Gasteiger charge is -2.29. The Kier molecular flexibility index (Phi) is 4.88. The zero-order valence-electron chi connectivity index (χ0n) is 11.7. The summed E-state index contributed by atoms with van der Waals surface area (Å²) < 4.78 is 47.2. The van der Waals surface area contributed by atoms with Crippen LogP contribution in [-0.4, -0.2) is 31.0 Å². The molecule has 2 rings (SSSR count). The van der Waals surface area contributed by atoms with Crippen molar-refractivity contribution in [3.05, 3.63) is 35.4 Å². The predicted molar refractivity (Wildman–Crippen MR) is 70.1 cm³/mol. The second kappa shape index (κ2) is 6.47. The van der Waals surface area contributed by atoms with Crippen LogP contribution < -0.4 is 0 Å². The van der Waals surface area contributed by atoms with Gasteiger partial charge in [0.05, 0.1) is 12.2 Å². The van der Waals surface area contributed by atoms with Crippen LogP contribution in [0.1, 0.15) is 35.7 Å². The minimum atomic E-state index is -4.36. The first kappa shape index (κ1) is 15.8. The summed E-state index contributed by atoms with van der Waals surface area (Å²) in [5.74, 6) is -0.531. The van der Waals surface area contributed by atoms with E-state index in [1.807, 2.05) is 19.1 Å². The number of halogens is 3. The minimum absolute atomic E-state index is 0.156. The number of ether oxygens (including phenoxy) is 2. The maximum Gasteiger partial charge on any atom is 0.414 e. The van der Waals surface area contributed by atoms with E-state index < -0.39 is 24.4 Å². The maximum atomic E-state index is 12.4. The summed E-state index contributed by atoms with van der Waals surface area (Å²) in [6.07, 6.45) is -5.90. The third kappa shape index (κ3) is 4.20. The van der Waals surface area contributed by atoms with E-state index in [1.165, 1.54) is 0 Å². The van der Waals surface area contributed by atoms with Crippen LogP contribution in [0.25, 0.3) is 0 Å². The SMILES string of the molecule is CCc1ccc(C(=O)OC2CCC(C(F)(F)F)OC2)cc1. The van der Waals surface area contributed by atoms with Gasteiger partial charge in [0.25, 0.3) is 0 Å². The molecule has 0 saturated carbocycles. The molecule has 3 nitrogen and oxygen atoms in total. The quantitative estimate of drug-likeness (QED) is 0.802. The van der Waals surface area contributed by atoms with Gasteiger partial charge >= 0.3 is 12.1 Å². The van der Waals surface area contributed by atoms with Gasteiger partial charge in [0.2, 0.25) is 0 Å². The van der Waals surface area contributed by atoms with E-state index in [4.69, 9.17) is 9.47 Å². The Hall–Kier alpha value is -1.56. The normalized spacial score (nSPS) is 22.9. The van der Waals surface area contributed by atoms with Gasteiger partial charge in [0, 0.05) is 0 Å². The topological polar surface area (TPSA) is 35.5 Å². The van der Waals surface area contributed by atoms with Gasteiger partial charge in [-0.1, -0.05) is 19.1 Å². The molecule has 1 fully saturated rings. The Morgan fingerprint density at radius 3 is 2.43 bits per heavy atom. The number of carbonyl (C=O) groups excluding carboxylic acids is 1. The van der Waals surface area contributed by atoms with E-state index in [-0.39, 0.29) is 19.4 Å². The molecule has 0 bridgehead atoms. The summed E-state index contributed by atoms with van der Waals surface area (Å²) in [4.78, 5) is 11.9. The predicted octanol–water partition coefficient (Wildman–Crippen LogP) is 3.52. The van der Waals surface area contributed by atoms with Crippen molar-refractivity contribution in [1.82, 2.24) is 0 Å². The van der Waals surface area contributed by atoms with Crippen molar-refractivity contribution in [3.63, 3.8) is 0 Å². The molecule has 0 amide bonds. The van der Waals surface area contributed by atoms with Crippen LogP contribution in [0.5, 0.6) is 0 Å². The molecule has 6 heteroatoms. The molecular weight excluding hydrogens is 285 g/mol. The highest BCUT2D eigenvalue weighted by Crippen LogP contribution is 2.30. The van der Waals surface area contributed by atoms with Crippen molar-refractivity contribution in [2.75, 3.05) is 6.61 Å². The highest BCUT2D eigenvalue weighted by Gasteiger charge is 2.43. The zero-order chi connectivity index (χ0) is 15.5. The summed E-state index contributed by atoms with van der Waals surface area (Å²) in [6, 6.07) is 6.97. The van der Waals surface area contributed by atoms with E-state index in [1.54, 1.807) is 12.1 Å². The Labute approximate surface area is 121 Å². The standard InChI is InChI=1S/C15H17F3O3/c1-2-10-3-5-11(6-4-10)14(19)21-12-7-8-13(20-9-12)15(16,17)18/h3-6,12-13H,2,7-9H2,1H3. The van der Waals surface area contributed by atoms with Gasteiger partial charge in [0.1, 0.15) is 6.10 Å². The number of hydrogen-bond acceptors (Lipinski definition) is 3. The van der Waals surface area contributed by atoms with Crippen LogP contribution in [0.3, 0.4) is 0 Å². The van der Waals surface area contributed by atoms with Crippen molar-refractivity contribution >= 4 is 5.97 Å². The Morgan fingerprint density at radius 1 is 1.29 bits per heavy atom. The smallest absolute Gasteiger partial charge is 0.414 e. The van der Waals surface area contributed by atoms with Crippen LogP contribution in [-0.2, 0) is 15.9 Å². The van der Waals surface area contributed by atoms with Crippen LogP contribution in [0.2, 0.25) is 0 Å². The summed E-state index contributed by atoms with van der Waals surface area (Å²) in [7, 11) is 0. The molecule has 0 spiro atoms. The zero-order valence-corrected chi connectivity index (χ0v) is 11.7. The number of benzene rings is 1. The highest BCUT2D eigenvalue weighted by molar-refractivity contribution is 5.89. The first-order valence-corrected chi connectivity index (χ1v) is 6.88. The lowest BCUT2D eigenvalue weighted by atomic mass is 10.1. The molecule has 1 aliphatic rings. The molecule has 1 aromatic carbocycles. The number of carbonyl (C=O) groups is 1. The lowest BCUT2D eigenvalue weighted by Crippen LogP contribution is -2.40. The molecule has 1 heterocycles. The van der Waals surface area contributed by atoms with Crippen molar-refractivity contribution < 1.29 is 27.4 Å². The van der Waals surface area contributed by atoms with Crippen molar-refractivity contribution in [2.45, 2.75) is 44.6 Å². The van der Waals surface area contributed by atoms with Crippen LogP contribution in [0.15, 0.2) is 24.3 Å². The summed E-state index contributed by atoms with van der Waals surface area (Å²) in [6.45, 7) is 1.78. The minimum Gasteiger partial charge on any atom is -0.456 e. The maximum absolute atomic E-state index is 12.4. The molecular formula is C15H17F3O3. The summed E-state index contributed by atoms with van der Waals surface area (Å²) in [5.41, 5.74) is 1.49. The third-order valence-electron chi connectivity index (χ3n) is 3.47. The molecule has 0 aromatic heterocycles.